The average Bonchev–Trinajstić information content (AvgIpc) is 2.25. The maximum atomic E-state index is 12.4. The molecule has 0 heterocycles. The molecule has 0 radical (unpaired) electrons. The van der Waals surface area contributed by atoms with Gasteiger partial charge in [-0.05, 0) is 18.2 Å². The first-order valence-electron chi connectivity index (χ1n) is 4.30. The van der Waals surface area contributed by atoms with Crippen molar-refractivity contribution in [2.45, 2.75) is 6.18 Å². The number of ether oxygens (including phenoxy) is 1. The van der Waals surface area contributed by atoms with E-state index in [1.54, 1.807) is 0 Å². The molecular weight excluding hydrogens is 241 g/mol. The van der Waals surface area contributed by atoms with E-state index in [1.165, 1.54) is 0 Å². The van der Waals surface area contributed by atoms with Gasteiger partial charge in [-0.15, -0.1) is 0 Å². The lowest BCUT2D eigenvalue weighted by Gasteiger charge is -2.10. The van der Waals surface area contributed by atoms with Crippen LogP contribution >= 0.6 is 0 Å². The Morgan fingerprint density at radius 2 is 1.82 bits per heavy atom. The number of benzene rings is 1. The maximum absolute atomic E-state index is 12.4. The van der Waals surface area contributed by atoms with Crippen molar-refractivity contribution < 1.29 is 32.6 Å². The first-order valence-corrected chi connectivity index (χ1v) is 4.30. The number of esters is 1. The van der Waals surface area contributed by atoms with Gasteiger partial charge in [0.05, 0.1) is 23.8 Å². The molecule has 1 aromatic rings. The fourth-order valence-electron chi connectivity index (χ4n) is 1.19. The van der Waals surface area contributed by atoms with Crippen LogP contribution < -0.4 is 0 Å². The number of carbonyl (C=O) groups excluding carboxylic acids is 1. The predicted molar refractivity (Wildman–Crippen MR) is 49.7 cm³/mol. The van der Waals surface area contributed by atoms with Crippen LogP contribution in [-0.2, 0) is 10.9 Å². The first kappa shape index (κ1) is 13.0. The smallest absolute Gasteiger partial charge is 0.416 e. The van der Waals surface area contributed by atoms with E-state index in [4.69, 9.17) is 5.11 Å². The SMILES string of the molecule is COC(=O)c1cc(C(F)(F)F)ccc1C(=O)O. The molecule has 1 N–H and O–H groups in total. The van der Waals surface area contributed by atoms with Gasteiger partial charge in [-0.3, -0.25) is 0 Å². The summed E-state index contributed by atoms with van der Waals surface area (Å²) in [5.41, 5.74) is -2.28. The standard InChI is InChI=1S/C10H7F3O4/c1-17-9(16)7-4-5(10(11,12)13)2-3-6(7)8(14)15/h2-4H,1H3,(H,14,15). The van der Waals surface area contributed by atoms with E-state index in [2.05, 4.69) is 4.74 Å². The van der Waals surface area contributed by atoms with Gasteiger partial charge in [0.2, 0.25) is 0 Å². The first-order chi connectivity index (χ1) is 7.77. The molecule has 0 fully saturated rings. The minimum atomic E-state index is -4.65. The second-order valence-electron chi connectivity index (χ2n) is 3.05. The highest BCUT2D eigenvalue weighted by atomic mass is 19.4. The van der Waals surface area contributed by atoms with Gasteiger partial charge in [0.25, 0.3) is 0 Å². The van der Waals surface area contributed by atoms with E-state index in [0.717, 1.165) is 13.2 Å². The second kappa shape index (κ2) is 4.44. The quantitative estimate of drug-likeness (QED) is 0.815. The molecule has 0 aliphatic heterocycles. The Morgan fingerprint density at radius 3 is 2.24 bits per heavy atom. The second-order valence-corrected chi connectivity index (χ2v) is 3.05. The Morgan fingerprint density at radius 1 is 1.24 bits per heavy atom. The van der Waals surface area contributed by atoms with Crippen molar-refractivity contribution >= 4 is 11.9 Å². The predicted octanol–water partition coefficient (Wildman–Crippen LogP) is 2.19. The number of carboxylic acids is 1. The summed E-state index contributed by atoms with van der Waals surface area (Å²) in [6.07, 6.45) is -4.65. The van der Waals surface area contributed by atoms with Gasteiger partial charge < -0.3 is 9.84 Å². The Labute approximate surface area is 93.6 Å². The van der Waals surface area contributed by atoms with E-state index >= 15 is 0 Å². The van der Waals surface area contributed by atoms with E-state index in [9.17, 15) is 22.8 Å². The number of halogens is 3. The normalized spacial score (nSPS) is 11.1. The molecule has 0 bridgehead atoms. The van der Waals surface area contributed by atoms with Gasteiger partial charge in [-0.1, -0.05) is 0 Å². The van der Waals surface area contributed by atoms with Gasteiger partial charge in [-0.2, -0.15) is 13.2 Å². The minimum Gasteiger partial charge on any atom is -0.478 e. The van der Waals surface area contributed by atoms with Gasteiger partial charge in [-0.25, -0.2) is 9.59 Å². The minimum absolute atomic E-state index is 0.454. The van der Waals surface area contributed by atoms with E-state index in [1.807, 2.05) is 0 Å². The molecule has 0 saturated carbocycles. The average molecular weight is 248 g/mol. The number of aromatic carboxylic acids is 1. The molecular formula is C10H7F3O4. The zero-order chi connectivity index (χ0) is 13.2. The van der Waals surface area contributed by atoms with Crippen LogP contribution in [0, 0.1) is 0 Å². The topological polar surface area (TPSA) is 63.6 Å². The summed E-state index contributed by atoms with van der Waals surface area (Å²) < 4.78 is 41.3. The fourth-order valence-corrected chi connectivity index (χ4v) is 1.19. The van der Waals surface area contributed by atoms with Crippen LogP contribution in [0.4, 0.5) is 13.2 Å². The van der Waals surface area contributed by atoms with E-state index < -0.39 is 34.8 Å². The molecule has 17 heavy (non-hydrogen) atoms. The Hall–Kier alpha value is -2.05. The molecule has 0 atom stereocenters. The lowest BCUT2D eigenvalue weighted by atomic mass is 10.0. The van der Waals surface area contributed by atoms with Crippen molar-refractivity contribution in [1.82, 2.24) is 0 Å². The zero-order valence-corrected chi connectivity index (χ0v) is 8.54. The third-order valence-corrected chi connectivity index (χ3v) is 1.98. The molecule has 1 rings (SSSR count). The number of carboxylic acid groups (broad SMARTS) is 1. The van der Waals surface area contributed by atoms with Crippen LogP contribution in [0.1, 0.15) is 26.3 Å². The molecule has 92 valence electrons. The van der Waals surface area contributed by atoms with Crippen LogP contribution in [-0.4, -0.2) is 24.2 Å². The molecule has 0 spiro atoms. The van der Waals surface area contributed by atoms with Gasteiger partial charge >= 0.3 is 18.1 Å². The van der Waals surface area contributed by atoms with Crippen LogP contribution in [0.25, 0.3) is 0 Å². The number of rotatable bonds is 2. The molecule has 0 aromatic heterocycles. The molecule has 0 aliphatic rings. The number of hydrogen-bond donors (Lipinski definition) is 1. The Balaban J connectivity index is 3.39. The largest absolute Gasteiger partial charge is 0.478 e. The third kappa shape index (κ3) is 2.74. The van der Waals surface area contributed by atoms with Crippen LogP contribution in [0.5, 0.6) is 0 Å². The lowest BCUT2D eigenvalue weighted by molar-refractivity contribution is -0.137. The summed E-state index contributed by atoms with van der Waals surface area (Å²) in [5, 5.41) is 8.71. The molecule has 0 aliphatic carbocycles. The zero-order valence-electron chi connectivity index (χ0n) is 8.54. The summed E-state index contributed by atoms with van der Waals surface area (Å²) in [4.78, 5) is 21.9. The molecule has 7 heteroatoms. The molecule has 1 aromatic carbocycles. The number of alkyl halides is 3. The summed E-state index contributed by atoms with van der Waals surface area (Å²) in [6, 6.07) is 1.77. The fraction of sp³-hybridized carbons (Fsp3) is 0.200. The van der Waals surface area contributed by atoms with Crippen molar-refractivity contribution in [2.75, 3.05) is 7.11 Å². The Kier molecular flexibility index (Phi) is 3.40. The third-order valence-electron chi connectivity index (χ3n) is 1.98. The number of methoxy groups -OCH3 is 1. The van der Waals surface area contributed by atoms with Gasteiger partial charge in [0.1, 0.15) is 0 Å². The highest BCUT2D eigenvalue weighted by Crippen LogP contribution is 2.30. The summed E-state index contributed by atoms with van der Waals surface area (Å²) in [5.74, 6) is -2.63. The maximum Gasteiger partial charge on any atom is 0.416 e. The van der Waals surface area contributed by atoms with Crippen molar-refractivity contribution in [3.8, 4) is 0 Å². The van der Waals surface area contributed by atoms with Crippen molar-refractivity contribution in [1.29, 1.82) is 0 Å². The summed E-state index contributed by atoms with van der Waals surface area (Å²) >= 11 is 0. The molecule has 0 saturated heterocycles. The molecule has 4 nitrogen and oxygen atoms in total. The van der Waals surface area contributed by atoms with E-state index in [0.29, 0.717) is 12.1 Å². The molecule has 0 amide bonds. The summed E-state index contributed by atoms with van der Waals surface area (Å²) in [6.45, 7) is 0. The van der Waals surface area contributed by atoms with Gasteiger partial charge in [0.15, 0.2) is 0 Å². The molecule has 0 unspecified atom stereocenters. The van der Waals surface area contributed by atoms with E-state index in [-0.39, 0.29) is 0 Å². The van der Waals surface area contributed by atoms with Crippen LogP contribution in [0.2, 0.25) is 0 Å². The van der Waals surface area contributed by atoms with Crippen molar-refractivity contribution in [3.05, 3.63) is 34.9 Å². The van der Waals surface area contributed by atoms with Crippen molar-refractivity contribution in [2.24, 2.45) is 0 Å². The summed E-state index contributed by atoms with van der Waals surface area (Å²) in [7, 11) is 0.953. The number of carbonyl (C=O) groups is 2. The number of hydrogen-bond acceptors (Lipinski definition) is 3. The highest BCUT2D eigenvalue weighted by molar-refractivity contribution is 6.02. The van der Waals surface area contributed by atoms with Crippen LogP contribution in [0.3, 0.4) is 0 Å². The van der Waals surface area contributed by atoms with Gasteiger partial charge in [0, 0.05) is 0 Å². The monoisotopic (exact) mass is 248 g/mol. The lowest BCUT2D eigenvalue weighted by Crippen LogP contribution is -2.13. The highest BCUT2D eigenvalue weighted by Gasteiger charge is 2.32. The van der Waals surface area contributed by atoms with Crippen LogP contribution in [0.15, 0.2) is 18.2 Å². The Bertz CT molecular complexity index is 465. The van der Waals surface area contributed by atoms with Crippen molar-refractivity contribution in [3.63, 3.8) is 0 Å².